The second-order valence-corrected chi connectivity index (χ2v) is 7.65. The average Bonchev–Trinajstić information content (AvgIpc) is 2.95. The zero-order valence-corrected chi connectivity index (χ0v) is 17.2. The van der Waals surface area contributed by atoms with Crippen molar-refractivity contribution in [1.29, 1.82) is 0 Å². The van der Waals surface area contributed by atoms with Crippen molar-refractivity contribution in [3.05, 3.63) is 75.1 Å². The number of aryl methyl sites for hydroxylation is 2. The molecular weight excluding hydrogens is 384 g/mol. The van der Waals surface area contributed by atoms with Gasteiger partial charge in [-0.15, -0.1) is 0 Å². The molecule has 1 aromatic heterocycles. The highest BCUT2D eigenvalue weighted by molar-refractivity contribution is 6.07. The number of hydrogen-bond acceptors (Lipinski definition) is 5. The number of carbonyl (C=O) groups is 2. The van der Waals surface area contributed by atoms with Gasteiger partial charge in [-0.25, -0.2) is 9.59 Å². The summed E-state index contributed by atoms with van der Waals surface area (Å²) in [4.78, 5) is 39.2. The van der Waals surface area contributed by atoms with Crippen LogP contribution in [0.5, 0.6) is 5.75 Å². The van der Waals surface area contributed by atoms with E-state index in [2.05, 4.69) is 5.32 Å². The molecule has 0 bridgehead atoms. The molecule has 2 heterocycles. The summed E-state index contributed by atoms with van der Waals surface area (Å²) >= 11 is 0. The van der Waals surface area contributed by atoms with E-state index in [1.165, 1.54) is 6.07 Å². The molecule has 3 amide bonds. The summed E-state index contributed by atoms with van der Waals surface area (Å²) in [6.07, 6.45) is 0. The van der Waals surface area contributed by atoms with Gasteiger partial charge in [-0.2, -0.15) is 0 Å². The van der Waals surface area contributed by atoms with Crippen LogP contribution < -0.4 is 15.7 Å². The molecule has 0 spiro atoms. The average molecular weight is 406 g/mol. The molecule has 1 N–H and O–H groups in total. The van der Waals surface area contributed by atoms with E-state index in [4.69, 9.17) is 9.15 Å². The van der Waals surface area contributed by atoms with E-state index in [0.29, 0.717) is 27.8 Å². The van der Waals surface area contributed by atoms with Crippen LogP contribution in [0.3, 0.4) is 0 Å². The Balaban J connectivity index is 1.72. The fourth-order valence-corrected chi connectivity index (χ4v) is 3.79. The van der Waals surface area contributed by atoms with E-state index in [1.54, 1.807) is 38.3 Å². The normalized spacial score (nSPS) is 18.7. The lowest BCUT2D eigenvalue weighted by atomic mass is 9.92. The molecule has 0 radical (unpaired) electrons. The Hall–Kier alpha value is -3.61. The number of imide groups is 1. The highest BCUT2D eigenvalue weighted by Crippen LogP contribution is 2.32. The minimum Gasteiger partial charge on any atom is -0.497 e. The number of nitrogens with zero attached hydrogens (tertiary/aromatic N) is 1. The number of fused-ring (bicyclic) bond motifs is 1. The van der Waals surface area contributed by atoms with Gasteiger partial charge in [0.2, 0.25) is 0 Å². The molecule has 1 unspecified atom stereocenters. The highest BCUT2D eigenvalue weighted by Gasteiger charge is 2.49. The molecule has 3 aromatic rings. The number of amides is 3. The Bertz CT molecular complexity index is 1230. The third kappa shape index (κ3) is 3.03. The summed E-state index contributed by atoms with van der Waals surface area (Å²) in [5, 5.41) is 3.49. The van der Waals surface area contributed by atoms with Crippen LogP contribution >= 0.6 is 0 Å². The quantitative estimate of drug-likeness (QED) is 0.530. The third-order valence-electron chi connectivity index (χ3n) is 5.79. The number of rotatable bonds is 4. The molecule has 1 aliphatic heterocycles. The second kappa shape index (κ2) is 7.02. The molecule has 7 nitrogen and oxygen atoms in total. The van der Waals surface area contributed by atoms with Crippen LogP contribution in [0, 0.1) is 13.8 Å². The topological polar surface area (TPSA) is 88.8 Å². The lowest BCUT2D eigenvalue weighted by molar-refractivity contribution is -0.131. The Kier molecular flexibility index (Phi) is 4.61. The highest BCUT2D eigenvalue weighted by atomic mass is 16.5. The first kappa shape index (κ1) is 19.7. The van der Waals surface area contributed by atoms with Crippen molar-refractivity contribution in [1.82, 2.24) is 10.2 Å². The first-order valence-electron chi connectivity index (χ1n) is 9.56. The van der Waals surface area contributed by atoms with Crippen molar-refractivity contribution < 1.29 is 18.7 Å². The first-order valence-corrected chi connectivity index (χ1v) is 9.56. The summed E-state index contributed by atoms with van der Waals surface area (Å²) < 4.78 is 10.6. The minimum atomic E-state index is -1.20. The summed E-state index contributed by atoms with van der Waals surface area (Å²) in [5.74, 6) is 0.270. The zero-order valence-electron chi connectivity index (χ0n) is 17.2. The molecule has 1 saturated heterocycles. The molecule has 1 atom stereocenters. The van der Waals surface area contributed by atoms with Crippen LogP contribution in [-0.2, 0) is 16.9 Å². The lowest BCUT2D eigenvalue weighted by Crippen LogP contribution is -2.40. The van der Waals surface area contributed by atoms with Gasteiger partial charge >= 0.3 is 11.7 Å². The number of ether oxygens (including phenoxy) is 1. The van der Waals surface area contributed by atoms with Crippen LogP contribution in [0.2, 0.25) is 0 Å². The molecular formula is C23H22N2O5. The lowest BCUT2D eigenvalue weighted by Gasteiger charge is -2.22. The SMILES string of the molecule is COc1ccc(C2(C)NC(=O)N(Cc3cc(=O)oc4c(C)c(C)ccc34)C2=O)cc1. The van der Waals surface area contributed by atoms with Crippen LogP contribution in [0.15, 0.2) is 51.7 Å². The number of urea groups is 1. The van der Waals surface area contributed by atoms with Crippen LogP contribution in [-0.4, -0.2) is 23.9 Å². The maximum Gasteiger partial charge on any atom is 0.336 e. The van der Waals surface area contributed by atoms with Gasteiger partial charge in [0, 0.05) is 11.5 Å². The Morgan fingerprint density at radius 2 is 1.77 bits per heavy atom. The van der Waals surface area contributed by atoms with Gasteiger partial charge in [0.05, 0.1) is 13.7 Å². The van der Waals surface area contributed by atoms with Gasteiger partial charge in [-0.05, 0) is 55.2 Å². The van der Waals surface area contributed by atoms with Crippen molar-refractivity contribution in [2.24, 2.45) is 0 Å². The first-order chi connectivity index (χ1) is 14.2. The van der Waals surface area contributed by atoms with E-state index in [9.17, 15) is 14.4 Å². The number of methoxy groups -OCH3 is 1. The van der Waals surface area contributed by atoms with Crippen molar-refractivity contribution >= 4 is 22.9 Å². The van der Waals surface area contributed by atoms with Gasteiger partial charge < -0.3 is 14.5 Å². The van der Waals surface area contributed by atoms with Crippen LogP contribution in [0.4, 0.5) is 4.79 Å². The molecule has 1 fully saturated rings. The number of benzene rings is 2. The van der Waals surface area contributed by atoms with Crippen molar-refractivity contribution in [2.75, 3.05) is 7.11 Å². The van der Waals surface area contributed by atoms with E-state index in [0.717, 1.165) is 16.0 Å². The van der Waals surface area contributed by atoms with Gasteiger partial charge in [-0.3, -0.25) is 9.69 Å². The molecule has 0 aliphatic carbocycles. The van der Waals surface area contributed by atoms with Crippen molar-refractivity contribution in [3.63, 3.8) is 0 Å². The fraction of sp³-hybridized carbons (Fsp3) is 0.261. The molecule has 1 aliphatic rings. The van der Waals surface area contributed by atoms with Gasteiger partial charge in [0.25, 0.3) is 5.91 Å². The molecule has 4 rings (SSSR count). The number of nitrogens with one attached hydrogen (secondary N) is 1. The smallest absolute Gasteiger partial charge is 0.336 e. The predicted octanol–water partition coefficient (Wildman–Crippen LogP) is 3.39. The maximum atomic E-state index is 13.2. The molecule has 30 heavy (non-hydrogen) atoms. The standard InChI is InChI=1S/C23H22N2O5/c1-13-5-10-18-15(11-19(26)30-20(18)14(13)2)12-25-21(27)23(3,24-22(25)28)16-6-8-17(29-4)9-7-16/h5-11H,12H2,1-4H3,(H,24,28). The number of carbonyl (C=O) groups excluding carboxylic acids is 2. The van der Waals surface area contributed by atoms with E-state index < -0.39 is 17.2 Å². The van der Waals surface area contributed by atoms with E-state index in [1.807, 2.05) is 26.0 Å². The summed E-state index contributed by atoms with van der Waals surface area (Å²) in [6.45, 7) is 5.44. The second-order valence-electron chi connectivity index (χ2n) is 7.65. The third-order valence-corrected chi connectivity index (χ3v) is 5.79. The maximum absolute atomic E-state index is 13.2. The van der Waals surface area contributed by atoms with Crippen LogP contribution in [0.1, 0.15) is 29.2 Å². The Morgan fingerprint density at radius 1 is 1.07 bits per heavy atom. The molecule has 2 aromatic carbocycles. The molecule has 154 valence electrons. The molecule has 7 heteroatoms. The summed E-state index contributed by atoms with van der Waals surface area (Å²) in [5.41, 5.74) is 1.81. The Labute approximate surface area is 173 Å². The summed E-state index contributed by atoms with van der Waals surface area (Å²) in [7, 11) is 1.56. The van der Waals surface area contributed by atoms with Gasteiger partial charge in [0.1, 0.15) is 16.9 Å². The van der Waals surface area contributed by atoms with Crippen molar-refractivity contribution in [2.45, 2.75) is 32.9 Å². The zero-order chi connectivity index (χ0) is 21.6. The predicted molar refractivity (Wildman–Crippen MR) is 111 cm³/mol. The largest absolute Gasteiger partial charge is 0.497 e. The minimum absolute atomic E-state index is 0.0268. The summed E-state index contributed by atoms with van der Waals surface area (Å²) in [6, 6.07) is 11.6. The fourth-order valence-electron chi connectivity index (χ4n) is 3.79. The van der Waals surface area contributed by atoms with Crippen LogP contribution in [0.25, 0.3) is 11.0 Å². The van der Waals surface area contributed by atoms with E-state index in [-0.39, 0.29) is 12.5 Å². The van der Waals surface area contributed by atoms with Crippen molar-refractivity contribution in [3.8, 4) is 5.75 Å². The van der Waals surface area contributed by atoms with Gasteiger partial charge in [0.15, 0.2) is 0 Å². The Morgan fingerprint density at radius 3 is 2.43 bits per heavy atom. The molecule has 0 saturated carbocycles. The number of hydrogen-bond donors (Lipinski definition) is 1. The van der Waals surface area contributed by atoms with Gasteiger partial charge in [-0.1, -0.05) is 24.3 Å². The van der Waals surface area contributed by atoms with E-state index >= 15 is 0 Å². The monoisotopic (exact) mass is 406 g/mol.